The molecule has 0 atom stereocenters. The molecule has 0 fully saturated rings. The zero-order valence-corrected chi connectivity index (χ0v) is 7.49. The van der Waals surface area contributed by atoms with Crippen molar-refractivity contribution in [2.24, 2.45) is 0 Å². The summed E-state index contributed by atoms with van der Waals surface area (Å²) in [5, 5.41) is 0. The predicted octanol–water partition coefficient (Wildman–Crippen LogP) is 1.18. The van der Waals surface area contributed by atoms with E-state index < -0.39 is 11.9 Å². The van der Waals surface area contributed by atoms with Gasteiger partial charge in [0.1, 0.15) is 0 Å². The minimum atomic E-state index is -0.650. The molecule has 0 heterocycles. The van der Waals surface area contributed by atoms with Crippen molar-refractivity contribution in [1.82, 2.24) is 0 Å². The maximum absolute atomic E-state index is 10.8. The van der Waals surface area contributed by atoms with Crippen molar-refractivity contribution in [3.8, 4) is 0 Å². The Balaban J connectivity index is 3.75. The van der Waals surface area contributed by atoms with Crippen molar-refractivity contribution < 1.29 is 19.1 Å². The largest absolute Gasteiger partial charge is 0.463 e. The molecule has 0 saturated heterocycles. The van der Waals surface area contributed by atoms with Crippen molar-refractivity contribution in [1.29, 1.82) is 0 Å². The van der Waals surface area contributed by atoms with Crippen LogP contribution in [-0.2, 0) is 19.1 Å². The third-order valence-corrected chi connectivity index (χ3v) is 1.00. The van der Waals surface area contributed by atoms with Gasteiger partial charge in [-0.25, -0.2) is 9.59 Å². The number of rotatable bonds is 5. The molecule has 0 N–H and O–H groups in total. The van der Waals surface area contributed by atoms with E-state index in [9.17, 15) is 9.59 Å². The second kappa shape index (κ2) is 7.09. The maximum atomic E-state index is 10.8. The first-order chi connectivity index (χ1) is 6.20. The Kier molecular flexibility index (Phi) is 6.23. The van der Waals surface area contributed by atoms with Crippen LogP contribution >= 0.6 is 0 Å². The quantitative estimate of drug-likeness (QED) is 0.366. The molecule has 0 aromatic carbocycles. The van der Waals surface area contributed by atoms with Gasteiger partial charge in [0, 0.05) is 12.2 Å². The molecule has 0 rings (SSSR count). The van der Waals surface area contributed by atoms with Crippen LogP contribution in [0, 0.1) is 0 Å². The molecule has 0 saturated carbocycles. The Morgan fingerprint density at radius 2 is 1.92 bits per heavy atom. The van der Waals surface area contributed by atoms with E-state index in [0.29, 0.717) is 6.61 Å². The molecule has 0 unspecified atom stereocenters. The molecule has 0 bridgehead atoms. The van der Waals surface area contributed by atoms with Crippen LogP contribution in [0.3, 0.4) is 0 Å². The summed E-state index contributed by atoms with van der Waals surface area (Å²) in [6.45, 7) is 5.41. The summed E-state index contributed by atoms with van der Waals surface area (Å²) >= 11 is 0. The predicted molar refractivity (Wildman–Crippen MR) is 46.7 cm³/mol. The third-order valence-electron chi connectivity index (χ3n) is 1.00. The lowest BCUT2D eigenvalue weighted by molar-refractivity contribution is -0.138. The highest BCUT2D eigenvalue weighted by Crippen LogP contribution is 1.87. The summed E-state index contributed by atoms with van der Waals surface area (Å²) in [7, 11) is 0. The number of carbonyl (C=O) groups is 2. The fraction of sp³-hybridized carbons (Fsp3) is 0.333. The van der Waals surface area contributed by atoms with Gasteiger partial charge in [0.2, 0.25) is 0 Å². The normalized spacial score (nSPS) is 9.62. The Bertz CT molecular complexity index is 218. The molecule has 0 aliphatic rings. The lowest BCUT2D eigenvalue weighted by Crippen LogP contribution is -2.03. The molecule has 4 heteroatoms. The fourth-order valence-electron chi connectivity index (χ4n) is 0.508. The number of hydrogen-bond donors (Lipinski definition) is 0. The molecule has 0 aromatic rings. The van der Waals surface area contributed by atoms with E-state index in [0.717, 1.165) is 24.8 Å². The molecule has 0 aromatic heterocycles. The minimum absolute atomic E-state index is 0.347. The summed E-state index contributed by atoms with van der Waals surface area (Å²) in [4.78, 5) is 21.4. The molecule has 4 nitrogen and oxygen atoms in total. The van der Waals surface area contributed by atoms with Gasteiger partial charge in [-0.05, 0) is 6.42 Å². The first-order valence-corrected chi connectivity index (χ1v) is 3.87. The van der Waals surface area contributed by atoms with Gasteiger partial charge in [0.25, 0.3) is 0 Å². The van der Waals surface area contributed by atoms with Crippen molar-refractivity contribution in [3.63, 3.8) is 0 Å². The Labute approximate surface area is 76.8 Å². The van der Waals surface area contributed by atoms with Gasteiger partial charge >= 0.3 is 11.9 Å². The molecule has 0 aliphatic heterocycles. The topological polar surface area (TPSA) is 52.6 Å². The number of hydrogen-bond acceptors (Lipinski definition) is 4. The summed E-state index contributed by atoms with van der Waals surface area (Å²) in [6.07, 6.45) is 3.74. The highest BCUT2D eigenvalue weighted by molar-refractivity contribution is 5.91. The summed E-state index contributed by atoms with van der Waals surface area (Å²) < 4.78 is 8.99. The minimum Gasteiger partial charge on any atom is -0.463 e. The first kappa shape index (κ1) is 11.4. The van der Waals surface area contributed by atoms with E-state index in [1.54, 1.807) is 0 Å². The Morgan fingerprint density at radius 3 is 2.46 bits per heavy atom. The van der Waals surface area contributed by atoms with Gasteiger partial charge in [0.15, 0.2) is 0 Å². The van der Waals surface area contributed by atoms with Gasteiger partial charge in [-0.1, -0.05) is 13.5 Å². The monoisotopic (exact) mass is 184 g/mol. The van der Waals surface area contributed by atoms with Crippen molar-refractivity contribution >= 4 is 11.9 Å². The van der Waals surface area contributed by atoms with Gasteiger partial charge in [0.05, 0.1) is 12.9 Å². The Hall–Kier alpha value is -1.58. The molecule has 0 aliphatic carbocycles. The summed E-state index contributed by atoms with van der Waals surface area (Å²) in [6, 6.07) is 0. The molecular weight excluding hydrogens is 172 g/mol. The van der Waals surface area contributed by atoms with E-state index in [1.165, 1.54) is 0 Å². The average Bonchev–Trinajstić information content (AvgIpc) is 2.12. The van der Waals surface area contributed by atoms with Gasteiger partial charge in [-0.2, -0.15) is 0 Å². The Morgan fingerprint density at radius 1 is 1.31 bits per heavy atom. The second-order valence-electron chi connectivity index (χ2n) is 2.10. The van der Waals surface area contributed by atoms with Crippen molar-refractivity contribution in [2.45, 2.75) is 13.3 Å². The SMILES string of the molecule is C=COC(=O)C=CC(=O)OCCC. The van der Waals surface area contributed by atoms with E-state index in [-0.39, 0.29) is 0 Å². The van der Waals surface area contributed by atoms with Crippen molar-refractivity contribution in [3.05, 3.63) is 25.0 Å². The molecule has 13 heavy (non-hydrogen) atoms. The highest BCUT2D eigenvalue weighted by atomic mass is 16.5. The lowest BCUT2D eigenvalue weighted by atomic mass is 10.5. The van der Waals surface area contributed by atoms with E-state index in [4.69, 9.17) is 0 Å². The lowest BCUT2D eigenvalue weighted by Gasteiger charge is -1.96. The smallest absolute Gasteiger partial charge is 0.335 e. The number of esters is 2. The van der Waals surface area contributed by atoms with E-state index in [1.807, 2.05) is 6.92 Å². The zero-order valence-electron chi connectivity index (χ0n) is 7.49. The molecule has 0 amide bonds. The summed E-state index contributed by atoms with van der Waals surface area (Å²) in [5.74, 6) is -1.20. The van der Waals surface area contributed by atoms with Crippen LogP contribution < -0.4 is 0 Å². The standard InChI is InChI=1S/C9H12O4/c1-3-7-13-9(11)6-5-8(10)12-4-2/h4-6H,2-3,7H2,1H3. The molecule has 72 valence electrons. The van der Waals surface area contributed by atoms with Crippen LogP contribution in [0.5, 0.6) is 0 Å². The van der Waals surface area contributed by atoms with E-state index >= 15 is 0 Å². The molecular formula is C9H12O4. The maximum Gasteiger partial charge on any atom is 0.335 e. The second-order valence-corrected chi connectivity index (χ2v) is 2.10. The van der Waals surface area contributed by atoms with Crippen LogP contribution in [0.15, 0.2) is 25.0 Å². The van der Waals surface area contributed by atoms with Crippen LogP contribution in [0.1, 0.15) is 13.3 Å². The fourth-order valence-corrected chi connectivity index (χ4v) is 0.508. The third kappa shape index (κ3) is 6.80. The average molecular weight is 184 g/mol. The van der Waals surface area contributed by atoms with Gasteiger partial charge < -0.3 is 9.47 Å². The van der Waals surface area contributed by atoms with Crippen LogP contribution in [0.4, 0.5) is 0 Å². The molecule has 0 radical (unpaired) electrons. The molecule has 0 spiro atoms. The first-order valence-electron chi connectivity index (χ1n) is 3.87. The van der Waals surface area contributed by atoms with Gasteiger partial charge in [-0.3, -0.25) is 0 Å². The summed E-state index contributed by atoms with van der Waals surface area (Å²) in [5.41, 5.74) is 0. The van der Waals surface area contributed by atoms with Crippen LogP contribution in [-0.4, -0.2) is 18.5 Å². The highest BCUT2D eigenvalue weighted by Gasteiger charge is 1.97. The van der Waals surface area contributed by atoms with E-state index in [2.05, 4.69) is 16.1 Å². The zero-order chi connectivity index (χ0) is 10.1. The van der Waals surface area contributed by atoms with Crippen molar-refractivity contribution in [2.75, 3.05) is 6.61 Å². The number of carbonyl (C=O) groups excluding carboxylic acids is 2. The number of ether oxygens (including phenoxy) is 2. The van der Waals surface area contributed by atoms with Crippen LogP contribution in [0.25, 0.3) is 0 Å². The van der Waals surface area contributed by atoms with Crippen LogP contribution in [0.2, 0.25) is 0 Å². The van der Waals surface area contributed by atoms with Gasteiger partial charge in [-0.15, -0.1) is 0 Å².